The molecule has 0 atom stereocenters. The number of esters is 1. The maximum atomic E-state index is 12.6. The lowest BCUT2D eigenvalue weighted by Gasteiger charge is -2.13. The largest absolute Gasteiger partial charge is 0.506 e. The Labute approximate surface area is 164 Å². The van der Waals surface area contributed by atoms with Crippen LogP contribution in [0.15, 0.2) is 42.5 Å². The first-order valence-corrected chi connectivity index (χ1v) is 9.30. The maximum Gasteiger partial charge on any atom is 0.306 e. The Morgan fingerprint density at radius 1 is 1.04 bits per heavy atom. The van der Waals surface area contributed by atoms with E-state index in [1.807, 2.05) is 50.2 Å². The van der Waals surface area contributed by atoms with Crippen LogP contribution in [0.2, 0.25) is 0 Å². The van der Waals surface area contributed by atoms with Crippen LogP contribution in [0, 0.1) is 13.8 Å². The Bertz CT molecular complexity index is 1040. The number of aromatic hydroxyl groups is 1. The molecule has 0 aliphatic heterocycles. The number of ketones is 1. The Morgan fingerprint density at radius 3 is 2.39 bits per heavy atom. The third-order valence-electron chi connectivity index (χ3n) is 4.70. The number of aromatic nitrogens is 1. The van der Waals surface area contributed by atoms with Crippen LogP contribution in [0.5, 0.6) is 5.75 Å². The second-order valence-electron chi connectivity index (χ2n) is 6.73. The number of para-hydroxylation sites is 1. The molecule has 0 radical (unpaired) electrons. The number of ether oxygens (including phenoxy) is 1. The standard InChI is InChI=1S/C23H23NO4/c1-4-28-20(27)12-11-18(25)23-19(26)13-16-9-6-10-17(22(16)24-23)21-14(2)7-5-8-15(21)3/h5-10,13,26H,4,11-12H2,1-3H3. The summed E-state index contributed by atoms with van der Waals surface area (Å²) in [6.45, 7) is 6.05. The van der Waals surface area contributed by atoms with Gasteiger partial charge in [0.2, 0.25) is 0 Å². The number of nitrogens with zero attached hydrogens (tertiary/aromatic N) is 1. The van der Waals surface area contributed by atoms with Gasteiger partial charge in [-0.2, -0.15) is 0 Å². The number of benzene rings is 2. The zero-order valence-electron chi connectivity index (χ0n) is 16.3. The molecule has 1 aromatic heterocycles. The number of hydrogen-bond donors (Lipinski definition) is 1. The van der Waals surface area contributed by atoms with Gasteiger partial charge in [0.25, 0.3) is 0 Å². The molecule has 3 rings (SSSR count). The molecule has 0 spiro atoms. The highest BCUT2D eigenvalue weighted by atomic mass is 16.5. The minimum atomic E-state index is -0.438. The van der Waals surface area contributed by atoms with Gasteiger partial charge in [0.05, 0.1) is 18.5 Å². The summed E-state index contributed by atoms with van der Waals surface area (Å²) in [6, 6.07) is 13.4. The first kappa shape index (κ1) is 19.5. The van der Waals surface area contributed by atoms with E-state index in [1.165, 1.54) is 0 Å². The van der Waals surface area contributed by atoms with Gasteiger partial charge in [0.15, 0.2) is 5.78 Å². The van der Waals surface area contributed by atoms with Gasteiger partial charge in [-0.15, -0.1) is 0 Å². The molecular formula is C23H23NO4. The quantitative estimate of drug-likeness (QED) is 0.495. The van der Waals surface area contributed by atoms with Crippen LogP contribution in [0.4, 0.5) is 0 Å². The molecule has 1 N–H and O–H groups in total. The third kappa shape index (κ3) is 3.88. The van der Waals surface area contributed by atoms with Crippen LogP contribution in [0.25, 0.3) is 22.0 Å². The van der Waals surface area contributed by atoms with Crippen molar-refractivity contribution in [2.75, 3.05) is 6.61 Å². The minimum Gasteiger partial charge on any atom is -0.506 e. The number of hydrogen-bond acceptors (Lipinski definition) is 5. The molecule has 0 aliphatic carbocycles. The van der Waals surface area contributed by atoms with Gasteiger partial charge in [-0.3, -0.25) is 9.59 Å². The average Bonchev–Trinajstić information content (AvgIpc) is 2.65. The van der Waals surface area contributed by atoms with Gasteiger partial charge in [-0.1, -0.05) is 36.4 Å². The molecule has 5 heteroatoms. The van der Waals surface area contributed by atoms with Crippen LogP contribution in [0.3, 0.4) is 0 Å². The summed E-state index contributed by atoms with van der Waals surface area (Å²) in [6.07, 6.45) is -0.0964. The van der Waals surface area contributed by atoms with Gasteiger partial charge in [-0.25, -0.2) is 4.98 Å². The fourth-order valence-electron chi connectivity index (χ4n) is 3.40. The van der Waals surface area contributed by atoms with E-state index < -0.39 is 5.97 Å². The topological polar surface area (TPSA) is 76.5 Å². The number of rotatable bonds is 6. The van der Waals surface area contributed by atoms with Crippen molar-refractivity contribution in [3.63, 3.8) is 0 Å². The SMILES string of the molecule is CCOC(=O)CCC(=O)c1nc2c(-c3c(C)cccc3C)cccc2cc1O. The van der Waals surface area contributed by atoms with Crippen molar-refractivity contribution in [1.82, 2.24) is 4.98 Å². The average molecular weight is 377 g/mol. The summed E-state index contributed by atoms with van der Waals surface area (Å²) in [5.74, 6) is -1.00. The second kappa shape index (κ2) is 8.21. The third-order valence-corrected chi connectivity index (χ3v) is 4.70. The Morgan fingerprint density at radius 2 is 1.71 bits per heavy atom. The van der Waals surface area contributed by atoms with Gasteiger partial charge in [-0.05, 0) is 43.5 Å². The van der Waals surface area contributed by atoms with Gasteiger partial charge in [0.1, 0.15) is 11.4 Å². The lowest BCUT2D eigenvalue weighted by atomic mass is 9.93. The molecule has 144 valence electrons. The molecule has 3 aromatic rings. The smallest absolute Gasteiger partial charge is 0.306 e. The summed E-state index contributed by atoms with van der Waals surface area (Å²) >= 11 is 0. The number of carbonyl (C=O) groups is 2. The van der Waals surface area contributed by atoms with E-state index in [0.29, 0.717) is 5.52 Å². The highest BCUT2D eigenvalue weighted by molar-refractivity contribution is 6.03. The summed E-state index contributed by atoms with van der Waals surface area (Å²) in [5.41, 5.74) is 4.83. The first-order valence-electron chi connectivity index (χ1n) is 9.30. The molecule has 5 nitrogen and oxygen atoms in total. The summed E-state index contributed by atoms with van der Waals surface area (Å²) < 4.78 is 4.86. The molecule has 0 amide bonds. The number of fused-ring (bicyclic) bond motifs is 1. The number of Topliss-reactive ketones (excluding diaryl/α,β-unsaturated/α-hetero) is 1. The van der Waals surface area contributed by atoms with E-state index in [-0.39, 0.29) is 36.7 Å². The Hall–Kier alpha value is -3.21. The van der Waals surface area contributed by atoms with E-state index in [4.69, 9.17) is 4.74 Å². The molecule has 0 aliphatic rings. The van der Waals surface area contributed by atoms with Crippen molar-refractivity contribution < 1.29 is 19.4 Å². The van der Waals surface area contributed by atoms with Crippen molar-refractivity contribution in [3.05, 3.63) is 59.3 Å². The monoisotopic (exact) mass is 377 g/mol. The number of pyridine rings is 1. The fourth-order valence-corrected chi connectivity index (χ4v) is 3.40. The molecule has 0 saturated heterocycles. The van der Waals surface area contributed by atoms with Gasteiger partial charge < -0.3 is 9.84 Å². The lowest BCUT2D eigenvalue weighted by molar-refractivity contribution is -0.143. The highest BCUT2D eigenvalue weighted by Crippen LogP contribution is 2.34. The molecule has 0 bridgehead atoms. The zero-order chi connectivity index (χ0) is 20.3. The summed E-state index contributed by atoms with van der Waals surface area (Å²) in [5, 5.41) is 11.1. The van der Waals surface area contributed by atoms with Crippen LogP contribution >= 0.6 is 0 Å². The van der Waals surface area contributed by atoms with Crippen molar-refractivity contribution in [1.29, 1.82) is 0 Å². The van der Waals surface area contributed by atoms with Crippen LogP contribution in [0.1, 0.15) is 41.4 Å². The molecule has 0 fully saturated rings. The summed E-state index contributed by atoms with van der Waals surface area (Å²) in [4.78, 5) is 28.6. The van der Waals surface area contributed by atoms with Crippen molar-refractivity contribution >= 4 is 22.7 Å². The van der Waals surface area contributed by atoms with Crippen LogP contribution in [-0.4, -0.2) is 28.4 Å². The van der Waals surface area contributed by atoms with Gasteiger partial charge in [0, 0.05) is 17.4 Å². The summed E-state index contributed by atoms with van der Waals surface area (Å²) in [7, 11) is 0. The van der Waals surface area contributed by atoms with E-state index in [0.717, 1.165) is 27.6 Å². The first-order chi connectivity index (χ1) is 13.4. The van der Waals surface area contributed by atoms with E-state index in [2.05, 4.69) is 4.98 Å². The molecule has 0 unspecified atom stereocenters. The predicted octanol–water partition coefficient (Wildman–Crippen LogP) is 4.75. The molecule has 0 saturated carbocycles. The molecule has 2 aromatic carbocycles. The van der Waals surface area contributed by atoms with Crippen molar-refractivity contribution in [2.24, 2.45) is 0 Å². The van der Waals surface area contributed by atoms with E-state index in [1.54, 1.807) is 13.0 Å². The van der Waals surface area contributed by atoms with Crippen molar-refractivity contribution in [3.8, 4) is 16.9 Å². The minimum absolute atomic E-state index is 0.0181. The predicted molar refractivity (Wildman–Crippen MR) is 109 cm³/mol. The van der Waals surface area contributed by atoms with Crippen LogP contribution < -0.4 is 0 Å². The highest BCUT2D eigenvalue weighted by Gasteiger charge is 2.18. The Balaban J connectivity index is 2.06. The molecule has 1 heterocycles. The maximum absolute atomic E-state index is 12.6. The molecular weight excluding hydrogens is 354 g/mol. The van der Waals surface area contributed by atoms with Crippen molar-refractivity contribution in [2.45, 2.75) is 33.6 Å². The fraction of sp³-hybridized carbons (Fsp3) is 0.261. The number of aryl methyl sites for hydroxylation is 2. The van der Waals surface area contributed by atoms with E-state index in [9.17, 15) is 14.7 Å². The Kier molecular flexibility index (Phi) is 5.73. The van der Waals surface area contributed by atoms with E-state index >= 15 is 0 Å². The second-order valence-corrected chi connectivity index (χ2v) is 6.73. The lowest BCUT2D eigenvalue weighted by Crippen LogP contribution is -2.09. The normalized spacial score (nSPS) is 10.8. The number of carbonyl (C=O) groups excluding carboxylic acids is 2. The van der Waals surface area contributed by atoms with Gasteiger partial charge >= 0.3 is 5.97 Å². The van der Waals surface area contributed by atoms with Crippen LogP contribution in [-0.2, 0) is 9.53 Å². The zero-order valence-corrected chi connectivity index (χ0v) is 16.3. The molecule has 28 heavy (non-hydrogen) atoms.